The van der Waals surface area contributed by atoms with Crippen LogP contribution >= 0.6 is 34.8 Å². The summed E-state index contributed by atoms with van der Waals surface area (Å²) in [5, 5.41) is 0. The van der Waals surface area contributed by atoms with E-state index >= 15 is 0 Å². The van der Waals surface area contributed by atoms with Crippen molar-refractivity contribution < 1.29 is 4.79 Å². The Hall–Kier alpha value is -1.48. The van der Waals surface area contributed by atoms with E-state index < -0.39 is 3.79 Å². The van der Waals surface area contributed by atoms with E-state index in [2.05, 4.69) is 30.9 Å². The number of halogens is 3. The maximum atomic E-state index is 12.7. The Morgan fingerprint density at radius 1 is 1.04 bits per heavy atom. The van der Waals surface area contributed by atoms with Gasteiger partial charge in [0, 0.05) is 41.1 Å². The number of nitrogens with zero attached hydrogens (tertiary/aromatic N) is 1. The number of carbonyl (C=O) groups is 1. The fourth-order valence-electron chi connectivity index (χ4n) is 3.29. The second-order valence-corrected chi connectivity index (χ2v) is 8.95. The normalized spacial score (nSPS) is 17.7. The molecule has 0 aromatic heterocycles. The van der Waals surface area contributed by atoms with E-state index in [0.29, 0.717) is 11.1 Å². The van der Waals surface area contributed by atoms with E-state index in [1.165, 1.54) is 5.56 Å². The first kappa shape index (κ1) is 18.3. The molecule has 0 unspecified atom stereocenters. The van der Waals surface area contributed by atoms with Gasteiger partial charge in [-0.25, -0.2) is 0 Å². The molecule has 3 rings (SSSR count). The van der Waals surface area contributed by atoms with Gasteiger partial charge in [0.1, 0.15) is 0 Å². The third kappa shape index (κ3) is 3.31. The number of benzene rings is 2. The molecule has 1 heterocycles. The number of carbonyl (C=O) groups excluding carboxylic acids is 1. The van der Waals surface area contributed by atoms with Crippen molar-refractivity contribution in [2.24, 2.45) is 0 Å². The molecular formula is C20H18Cl3NO. The number of hydrogen-bond donors (Lipinski definition) is 0. The minimum Gasteiger partial charge on any atom is -0.347 e. The van der Waals surface area contributed by atoms with E-state index in [0.717, 1.165) is 11.4 Å². The van der Waals surface area contributed by atoms with Crippen LogP contribution in [0.25, 0.3) is 0 Å². The van der Waals surface area contributed by atoms with Crippen molar-refractivity contribution in [2.75, 3.05) is 11.9 Å². The molecule has 0 fully saturated rings. The monoisotopic (exact) mass is 393 g/mol. The Balaban J connectivity index is 1.94. The van der Waals surface area contributed by atoms with Gasteiger partial charge in [-0.3, -0.25) is 4.79 Å². The SMILES string of the molecule is CN1C(=CC(=O)c2ccc(C(Cl)(Cl)Cl)cc2)C(C)(C)c2ccccc21. The summed E-state index contributed by atoms with van der Waals surface area (Å²) in [5.74, 6) is -0.0707. The van der Waals surface area contributed by atoms with Crippen molar-refractivity contribution in [2.45, 2.75) is 23.1 Å². The van der Waals surface area contributed by atoms with E-state index in [4.69, 9.17) is 34.8 Å². The molecule has 0 amide bonds. The average molecular weight is 395 g/mol. The molecule has 0 atom stereocenters. The zero-order valence-electron chi connectivity index (χ0n) is 14.2. The summed E-state index contributed by atoms with van der Waals surface area (Å²) in [4.78, 5) is 14.8. The second-order valence-electron chi connectivity index (χ2n) is 6.67. The zero-order valence-corrected chi connectivity index (χ0v) is 16.5. The van der Waals surface area contributed by atoms with Crippen LogP contribution in [0.1, 0.15) is 35.3 Å². The summed E-state index contributed by atoms with van der Waals surface area (Å²) in [7, 11) is 1.98. The fourth-order valence-corrected chi connectivity index (χ4v) is 3.67. The molecular weight excluding hydrogens is 377 g/mol. The van der Waals surface area contributed by atoms with Crippen LogP contribution < -0.4 is 4.90 Å². The third-order valence-corrected chi connectivity index (χ3v) is 5.36. The topological polar surface area (TPSA) is 20.3 Å². The van der Waals surface area contributed by atoms with Gasteiger partial charge in [0.15, 0.2) is 5.78 Å². The Morgan fingerprint density at radius 2 is 1.64 bits per heavy atom. The molecule has 0 saturated carbocycles. The quantitative estimate of drug-likeness (QED) is 0.353. The smallest absolute Gasteiger partial charge is 0.216 e. The standard InChI is InChI=1S/C20H18Cl3NO/c1-19(2)15-6-4-5-7-16(15)24(3)18(19)12-17(25)13-8-10-14(11-9-13)20(21,22)23/h4-12H,1-3H3. The Bertz CT molecular complexity index is 848. The number of allylic oxidation sites excluding steroid dienone is 2. The Labute approximate surface area is 163 Å². The van der Waals surface area contributed by atoms with Crippen LogP contribution in [0.15, 0.2) is 60.3 Å². The molecule has 1 aliphatic heterocycles. The van der Waals surface area contributed by atoms with Crippen molar-refractivity contribution in [3.05, 3.63) is 77.0 Å². The van der Waals surface area contributed by atoms with Gasteiger partial charge in [-0.15, -0.1) is 0 Å². The molecule has 0 bridgehead atoms. The molecule has 2 aromatic rings. The highest BCUT2D eigenvalue weighted by molar-refractivity contribution is 6.66. The van der Waals surface area contributed by atoms with Crippen molar-refractivity contribution in [3.63, 3.8) is 0 Å². The van der Waals surface area contributed by atoms with Crippen molar-refractivity contribution in [1.82, 2.24) is 0 Å². The van der Waals surface area contributed by atoms with Crippen LogP contribution in [-0.4, -0.2) is 12.8 Å². The molecule has 0 N–H and O–H groups in total. The predicted molar refractivity (Wildman–Crippen MR) is 106 cm³/mol. The first-order valence-corrected chi connectivity index (χ1v) is 9.03. The van der Waals surface area contributed by atoms with Crippen molar-refractivity contribution in [1.29, 1.82) is 0 Å². The molecule has 2 aromatic carbocycles. The number of rotatable bonds is 2. The van der Waals surface area contributed by atoms with E-state index in [1.807, 2.05) is 19.2 Å². The summed E-state index contributed by atoms with van der Waals surface area (Å²) in [6.45, 7) is 4.25. The number of likely N-dealkylation sites (N-methyl/N-ethyl adjacent to an activating group) is 1. The molecule has 1 aliphatic rings. The van der Waals surface area contributed by atoms with Gasteiger partial charge in [-0.05, 0) is 11.6 Å². The molecule has 130 valence electrons. The lowest BCUT2D eigenvalue weighted by molar-refractivity contribution is 0.104. The minimum atomic E-state index is -1.49. The number of anilines is 1. The number of hydrogen-bond acceptors (Lipinski definition) is 2. The summed E-state index contributed by atoms with van der Waals surface area (Å²) in [6.07, 6.45) is 1.70. The van der Waals surface area contributed by atoms with E-state index in [1.54, 1.807) is 30.3 Å². The largest absolute Gasteiger partial charge is 0.347 e. The number of alkyl halides is 3. The van der Waals surface area contributed by atoms with Gasteiger partial charge >= 0.3 is 0 Å². The molecule has 0 spiro atoms. The van der Waals surface area contributed by atoms with Crippen LogP contribution in [0.2, 0.25) is 0 Å². The summed E-state index contributed by atoms with van der Waals surface area (Å²) in [6, 6.07) is 14.9. The fraction of sp³-hybridized carbons (Fsp3) is 0.250. The molecule has 2 nitrogen and oxygen atoms in total. The van der Waals surface area contributed by atoms with Gasteiger partial charge < -0.3 is 4.90 Å². The highest BCUT2D eigenvalue weighted by Crippen LogP contribution is 2.46. The van der Waals surface area contributed by atoms with Crippen LogP contribution in [0, 0.1) is 0 Å². The minimum absolute atomic E-state index is 0.0707. The van der Waals surface area contributed by atoms with Gasteiger partial charge in [-0.1, -0.05) is 91.1 Å². The van der Waals surface area contributed by atoms with Crippen LogP contribution in [-0.2, 0) is 9.21 Å². The lowest BCUT2D eigenvalue weighted by atomic mass is 9.83. The molecule has 25 heavy (non-hydrogen) atoms. The number of para-hydroxylation sites is 1. The van der Waals surface area contributed by atoms with E-state index in [-0.39, 0.29) is 11.2 Å². The Kier molecular flexibility index (Phi) is 4.65. The predicted octanol–water partition coefficient (Wildman–Crippen LogP) is 6.01. The van der Waals surface area contributed by atoms with Gasteiger partial charge in [0.25, 0.3) is 0 Å². The molecule has 0 saturated heterocycles. The van der Waals surface area contributed by atoms with Crippen LogP contribution in [0.4, 0.5) is 5.69 Å². The van der Waals surface area contributed by atoms with E-state index in [9.17, 15) is 4.79 Å². The first-order valence-electron chi connectivity index (χ1n) is 7.89. The summed E-state index contributed by atoms with van der Waals surface area (Å²) in [5.41, 5.74) is 4.15. The molecule has 0 aliphatic carbocycles. The lowest BCUT2D eigenvalue weighted by Gasteiger charge is -2.24. The molecule has 5 heteroatoms. The maximum absolute atomic E-state index is 12.7. The van der Waals surface area contributed by atoms with Gasteiger partial charge in [0.2, 0.25) is 3.79 Å². The number of ketones is 1. The summed E-state index contributed by atoms with van der Waals surface area (Å²) >= 11 is 17.6. The van der Waals surface area contributed by atoms with Crippen molar-refractivity contribution in [3.8, 4) is 0 Å². The van der Waals surface area contributed by atoms with Gasteiger partial charge in [0.05, 0.1) is 0 Å². The van der Waals surface area contributed by atoms with Crippen LogP contribution in [0.3, 0.4) is 0 Å². The molecule has 0 radical (unpaired) electrons. The summed E-state index contributed by atoms with van der Waals surface area (Å²) < 4.78 is -1.49. The Morgan fingerprint density at radius 3 is 2.20 bits per heavy atom. The van der Waals surface area contributed by atoms with Crippen LogP contribution in [0.5, 0.6) is 0 Å². The third-order valence-electron chi connectivity index (χ3n) is 4.71. The first-order chi connectivity index (χ1) is 11.6. The lowest BCUT2D eigenvalue weighted by Crippen LogP contribution is -2.24. The highest BCUT2D eigenvalue weighted by Gasteiger charge is 2.38. The maximum Gasteiger partial charge on any atom is 0.216 e. The van der Waals surface area contributed by atoms with Gasteiger partial charge in [-0.2, -0.15) is 0 Å². The van der Waals surface area contributed by atoms with Crippen molar-refractivity contribution >= 4 is 46.3 Å². The number of fused-ring (bicyclic) bond motifs is 1. The average Bonchev–Trinajstić information content (AvgIpc) is 2.75. The second kappa shape index (κ2) is 6.35. The highest BCUT2D eigenvalue weighted by atomic mass is 35.6. The zero-order chi connectivity index (χ0) is 18.4.